The highest BCUT2D eigenvalue weighted by Gasteiger charge is 2.42. The van der Waals surface area contributed by atoms with Gasteiger partial charge in [-0.25, -0.2) is 14.4 Å². The van der Waals surface area contributed by atoms with Crippen molar-refractivity contribution in [2.24, 2.45) is 5.92 Å². The number of piperazine rings is 1. The summed E-state index contributed by atoms with van der Waals surface area (Å²) in [6.07, 6.45) is 7.87. The van der Waals surface area contributed by atoms with Gasteiger partial charge in [0.15, 0.2) is 11.2 Å². The highest BCUT2D eigenvalue weighted by Crippen LogP contribution is 2.38. The van der Waals surface area contributed by atoms with Gasteiger partial charge >= 0.3 is 0 Å². The van der Waals surface area contributed by atoms with Crippen molar-refractivity contribution < 1.29 is 28.4 Å². The number of benzene rings is 3. The van der Waals surface area contributed by atoms with Crippen LogP contribution in [0.3, 0.4) is 0 Å². The average molecular weight is 899 g/mol. The number of aromatic nitrogens is 3. The van der Waals surface area contributed by atoms with Crippen LogP contribution in [0, 0.1) is 11.7 Å². The second kappa shape index (κ2) is 18.2. The van der Waals surface area contributed by atoms with Gasteiger partial charge in [0.05, 0.1) is 31.0 Å². The molecule has 5 aromatic rings. The molecule has 0 radical (unpaired) electrons. The van der Waals surface area contributed by atoms with Crippen LogP contribution in [-0.4, -0.2) is 111 Å². The fourth-order valence-corrected chi connectivity index (χ4v) is 10.5. The number of imide groups is 1. The second-order valence-electron chi connectivity index (χ2n) is 17.6. The number of aryl methyl sites for hydroxylation is 1. The molecule has 0 aliphatic carbocycles. The number of carbonyl (C=O) groups is 5. The number of hydrogen-bond acceptors (Lipinski definition) is 11. The highest BCUT2D eigenvalue weighted by atomic mass is 32.1. The van der Waals surface area contributed by atoms with Crippen molar-refractivity contribution in [3.05, 3.63) is 112 Å². The number of imidazole rings is 1. The van der Waals surface area contributed by atoms with Crippen LogP contribution < -0.4 is 20.9 Å². The number of rotatable bonds is 12. The van der Waals surface area contributed by atoms with Crippen molar-refractivity contribution >= 4 is 57.4 Å². The monoisotopic (exact) mass is 898 g/mol. The Kier molecular flexibility index (Phi) is 11.9. The third kappa shape index (κ3) is 8.86. The van der Waals surface area contributed by atoms with Gasteiger partial charge in [0.1, 0.15) is 5.82 Å². The molecule has 0 saturated carbocycles. The summed E-state index contributed by atoms with van der Waals surface area (Å²) in [5.74, 6) is -1.40. The van der Waals surface area contributed by atoms with E-state index in [1.807, 2.05) is 33.7 Å². The Balaban J connectivity index is 0.711. The number of carbonyl (C=O) groups excluding carboxylic acids is 5. The van der Waals surface area contributed by atoms with Gasteiger partial charge in [-0.05, 0) is 104 Å². The molecule has 3 N–H and O–H groups in total. The number of likely N-dealkylation sites (tertiary alicyclic amines) is 1. The maximum absolute atomic E-state index is 16.0. The molecule has 3 saturated heterocycles. The number of thiazole rings is 1. The van der Waals surface area contributed by atoms with E-state index in [-0.39, 0.29) is 41.3 Å². The average Bonchev–Trinajstić information content (AvgIpc) is 4.15. The summed E-state index contributed by atoms with van der Waals surface area (Å²) in [7, 11) is 0. The van der Waals surface area contributed by atoms with Crippen molar-refractivity contribution in [3.63, 3.8) is 0 Å². The first-order valence-electron chi connectivity index (χ1n) is 22.6. The van der Waals surface area contributed by atoms with Crippen LogP contribution in [-0.2, 0) is 38.7 Å². The molecule has 5 aliphatic heterocycles. The third-order valence-electron chi connectivity index (χ3n) is 13.7. The molecule has 3 aromatic carbocycles. The fraction of sp³-hybridized carbons (Fsp3) is 0.396. The first-order chi connectivity index (χ1) is 31.6. The van der Waals surface area contributed by atoms with E-state index in [2.05, 4.69) is 60.0 Å². The van der Waals surface area contributed by atoms with Gasteiger partial charge in [0.25, 0.3) is 11.8 Å². The maximum atomic E-state index is 16.0. The van der Waals surface area contributed by atoms with Gasteiger partial charge in [-0.1, -0.05) is 24.3 Å². The fourth-order valence-electron chi connectivity index (χ4n) is 10.0. The van der Waals surface area contributed by atoms with Crippen LogP contribution in [0.15, 0.2) is 78.6 Å². The van der Waals surface area contributed by atoms with Crippen molar-refractivity contribution in [3.8, 4) is 11.1 Å². The van der Waals surface area contributed by atoms with E-state index in [9.17, 15) is 24.0 Å². The molecule has 7 heterocycles. The lowest BCUT2D eigenvalue weighted by molar-refractivity contribution is -0.136. The van der Waals surface area contributed by atoms with Crippen molar-refractivity contribution in [2.75, 3.05) is 67.9 Å². The third-order valence-corrected chi connectivity index (χ3v) is 14.4. The van der Waals surface area contributed by atoms with Crippen molar-refractivity contribution in [2.45, 2.75) is 63.6 Å². The Labute approximate surface area is 380 Å². The number of hydrogen-bond donors (Lipinski definition) is 3. The number of nitrogens with one attached hydrogen (secondary N) is 3. The Morgan fingerprint density at radius 1 is 0.877 bits per heavy atom. The Hall–Kier alpha value is -6.46. The summed E-state index contributed by atoms with van der Waals surface area (Å²) in [5.41, 5.74) is 6.49. The molecule has 0 spiro atoms. The molecule has 17 heteroatoms. The van der Waals surface area contributed by atoms with Crippen molar-refractivity contribution in [1.29, 1.82) is 0 Å². The largest absolute Gasteiger partial charge is 0.384 e. The standard InChI is InChI=1S/C48H51FN10O5S/c49-39-25-34(24-37-38(39)27-59(47(37)64)44(46(63)54-48-50-15-23-65-48)43-40-2-1-16-58(40)29-52-43)31-5-10-36(11-6-31)56-19-21-57(22-20-56)42(61)28-55-17-13-32(14-18-55)30-3-8-35(9-4-30)51-26-33-7-12-41(60)53-45(33)62/h3-6,8-11,15,23-25,29,32-33,44,51H,1-2,7,12-14,16-22,26-28H2,(H,50,54,63)(H,53,60,62). The lowest BCUT2D eigenvalue weighted by Gasteiger charge is -2.38. The summed E-state index contributed by atoms with van der Waals surface area (Å²) in [5, 5.41) is 10.8. The number of nitrogens with zero attached hydrogens (tertiary/aromatic N) is 7. The van der Waals surface area contributed by atoms with Crippen LogP contribution in [0.2, 0.25) is 0 Å². The zero-order valence-electron chi connectivity index (χ0n) is 36.0. The van der Waals surface area contributed by atoms with Crippen molar-refractivity contribution in [1.82, 2.24) is 34.6 Å². The van der Waals surface area contributed by atoms with Gasteiger partial charge in [-0.3, -0.25) is 39.5 Å². The molecule has 2 unspecified atom stereocenters. The predicted molar refractivity (Wildman–Crippen MR) is 244 cm³/mol. The van der Waals surface area contributed by atoms with Crippen LogP contribution in [0.1, 0.15) is 76.9 Å². The zero-order chi connectivity index (χ0) is 44.6. The summed E-state index contributed by atoms with van der Waals surface area (Å²) in [6, 6.07) is 18.4. The Morgan fingerprint density at radius 3 is 2.40 bits per heavy atom. The minimum absolute atomic E-state index is 0.0547. The molecule has 2 aromatic heterocycles. The van der Waals surface area contributed by atoms with E-state index in [1.165, 1.54) is 27.9 Å². The molecular formula is C48H51FN10O5S. The molecule has 0 bridgehead atoms. The highest BCUT2D eigenvalue weighted by molar-refractivity contribution is 7.13. The minimum Gasteiger partial charge on any atom is -0.384 e. The Morgan fingerprint density at radius 2 is 1.66 bits per heavy atom. The number of anilines is 3. The van der Waals surface area contributed by atoms with Crippen LogP contribution in [0.5, 0.6) is 0 Å². The van der Waals surface area contributed by atoms with E-state index in [0.717, 1.165) is 67.9 Å². The smallest absolute Gasteiger partial charge is 0.255 e. The van der Waals surface area contributed by atoms with Gasteiger partial charge in [-0.15, -0.1) is 11.3 Å². The number of amides is 5. The summed E-state index contributed by atoms with van der Waals surface area (Å²) in [6.45, 7) is 6.00. The van der Waals surface area contributed by atoms with Gasteiger partial charge in [0, 0.05) is 85.5 Å². The minimum atomic E-state index is -1.05. The molecule has 5 amide bonds. The van der Waals surface area contributed by atoms with E-state index >= 15 is 4.39 Å². The molecule has 3 fully saturated rings. The molecular weight excluding hydrogens is 848 g/mol. The summed E-state index contributed by atoms with van der Waals surface area (Å²) in [4.78, 5) is 81.6. The van der Waals surface area contributed by atoms with E-state index in [1.54, 1.807) is 24.0 Å². The molecule has 2 atom stereocenters. The topological polar surface area (TPSA) is 165 Å². The molecule has 15 nitrogen and oxygen atoms in total. The first-order valence-corrected chi connectivity index (χ1v) is 23.4. The van der Waals surface area contributed by atoms with E-state index in [4.69, 9.17) is 0 Å². The molecule has 65 heavy (non-hydrogen) atoms. The molecule has 336 valence electrons. The van der Waals surface area contributed by atoms with E-state index in [0.29, 0.717) is 74.4 Å². The zero-order valence-corrected chi connectivity index (χ0v) is 36.8. The quantitative estimate of drug-likeness (QED) is 0.138. The van der Waals surface area contributed by atoms with E-state index < -0.39 is 23.7 Å². The molecule has 10 rings (SSSR count). The SMILES string of the molecule is O=C1CCC(CNc2ccc(C3CCN(CC(=O)N4CCN(c5ccc(-c6cc(F)c7c(c6)C(=O)N(C(C(=O)Nc6nccs6)c6ncn8c6CCC8)C7)cc5)CC4)CC3)cc2)C(=O)N1. The number of piperidine rings is 2. The van der Waals surface area contributed by atoms with Crippen LogP contribution >= 0.6 is 11.3 Å². The van der Waals surface area contributed by atoms with Crippen LogP contribution in [0.25, 0.3) is 11.1 Å². The van der Waals surface area contributed by atoms with Crippen LogP contribution in [0.4, 0.5) is 20.9 Å². The number of halogens is 1. The Bertz CT molecular complexity index is 2600. The maximum Gasteiger partial charge on any atom is 0.255 e. The number of fused-ring (bicyclic) bond motifs is 2. The summed E-state index contributed by atoms with van der Waals surface area (Å²) >= 11 is 1.28. The molecule has 5 aliphatic rings. The lowest BCUT2D eigenvalue weighted by atomic mass is 9.89. The van der Waals surface area contributed by atoms with Gasteiger partial charge < -0.3 is 24.6 Å². The predicted octanol–water partition coefficient (Wildman–Crippen LogP) is 5.42. The van der Waals surface area contributed by atoms with Gasteiger partial charge in [-0.2, -0.15) is 0 Å². The van der Waals surface area contributed by atoms with Gasteiger partial charge in [0.2, 0.25) is 17.7 Å². The lowest BCUT2D eigenvalue weighted by Crippen LogP contribution is -2.51. The second-order valence-corrected chi connectivity index (χ2v) is 18.5. The normalized spacial score (nSPS) is 19.6. The first kappa shape index (κ1) is 42.5. The summed E-state index contributed by atoms with van der Waals surface area (Å²) < 4.78 is 18.0.